The summed E-state index contributed by atoms with van der Waals surface area (Å²) in [5.74, 6) is 0.451. The number of hydrogen-bond acceptors (Lipinski definition) is 4. The molecule has 0 radical (unpaired) electrons. The van der Waals surface area contributed by atoms with Gasteiger partial charge in [0.15, 0.2) is 0 Å². The number of esters is 2. The summed E-state index contributed by atoms with van der Waals surface area (Å²) in [7, 11) is 0. The predicted molar refractivity (Wildman–Crippen MR) is 132 cm³/mol. The number of rotatable bonds is 14. The summed E-state index contributed by atoms with van der Waals surface area (Å²) in [5, 5.41) is 0. The number of ether oxygens (including phenoxy) is 2. The second kappa shape index (κ2) is 13.6. The Morgan fingerprint density at radius 1 is 0.719 bits per heavy atom. The van der Waals surface area contributed by atoms with Crippen LogP contribution in [0.4, 0.5) is 0 Å². The van der Waals surface area contributed by atoms with Gasteiger partial charge >= 0.3 is 11.9 Å². The maximum atomic E-state index is 12.5. The van der Waals surface area contributed by atoms with Crippen LogP contribution in [0.15, 0.2) is 0 Å². The molecule has 4 nitrogen and oxygen atoms in total. The zero-order valence-electron chi connectivity index (χ0n) is 22.4. The van der Waals surface area contributed by atoms with Crippen molar-refractivity contribution >= 4 is 11.9 Å². The lowest BCUT2D eigenvalue weighted by atomic mass is 9.80. The third-order valence-corrected chi connectivity index (χ3v) is 7.07. The molecule has 0 saturated heterocycles. The fourth-order valence-corrected chi connectivity index (χ4v) is 5.81. The Hall–Kier alpha value is -1.06. The first-order valence-electron chi connectivity index (χ1n) is 13.2. The van der Waals surface area contributed by atoms with Gasteiger partial charge in [0.05, 0.1) is 25.0 Å². The standard InChI is InChI=1S/C28H52O4/c1-9-15-27(5,6)17-21(3)19-31-25(29)23-11-13-24(14-12-23)26(30)32-20-22(4)18-28(7,8)16-10-2/h21-24H,9-20H2,1-8H3. The Morgan fingerprint density at radius 2 is 1.03 bits per heavy atom. The Labute approximate surface area is 198 Å². The van der Waals surface area contributed by atoms with E-state index in [2.05, 4.69) is 55.4 Å². The molecular formula is C28H52O4. The first-order chi connectivity index (χ1) is 14.9. The van der Waals surface area contributed by atoms with Crippen LogP contribution >= 0.6 is 0 Å². The van der Waals surface area contributed by atoms with Gasteiger partial charge in [0.25, 0.3) is 0 Å². The molecule has 1 rings (SSSR count). The van der Waals surface area contributed by atoms with Gasteiger partial charge in [-0.3, -0.25) is 9.59 Å². The number of hydrogen-bond donors (Lipinski definition) is 0. The Bertz CT molecular complexity index is 508. The first kappa shape index (κ1) is 29.0. The molecule has 0 aliphatic heterocycles. The van der Waals surface area contributed by atoms with Crippen molar-refractivity contribution in [2.24, 2.45) is 34.5 Å². The van der Waals surface area contributed by atoms with Crippen LogP contribution in [0.5, 0.6) is 0 Å². The van der Waals surface area contributed by atoms with Gasteiger partial charge in [-0.25, -0.2) is 0 Å². The van der Waals surface area contributed by atoms with Crippen molar-refractivity contribution in [2.45, 2.75) is 120 Å². The van der Waals surface area contributed by atoms with Gasteiger partial charge < -0.3 is 9.47 Å². The van der Waals surface area contributed by atoms with Crippen molar-refractivity contribution in [3.8, 4) is 0 Å². The van der Waals surface area contributed by atoms with Gasteiger partial charge in [-0.15, -0.1) is 0 Å². The third-order valence-electron chi connectivity index (χ3n) is 7.07. The SMILES string of the molecule is CCCC(C)(C)CC(C)COC(=O)C1CCC(C(=O)OCC(C)CC(C)(C)CCC)CC1. The van der Waals surface area contributed by atoms with Crippen molar-refractivity contribution in [2.75, 3.05) is 13.2 Å². The largest absolute Gasteiger partial charge is 0.465 e. The second-order valence-corrected chi connectivity index (χ2v) is 12.3. The van der Waals surface area contributed by atoms with Gasteiger partial charge in [0.1, 0.15) is 0 Å². The predicted octanol–water partition coefficient (Wildman–Crippen LogP) is 7.58. The molecule has 32 heavy (non-hydrogen) atoms. The molecule has 1 aliphatic rings. The summed E-state index contributed by atoms with van der Waals surface area (Å²) < 4.78 is 11.3. The van der Waals surface area contributed by atoms with Crippen LogP contribution < -0.4 is 0 Å². The molecule has 188 valence electrons. The van der Waals surface area contributed by atoms with Crippen molar-refractivity contribution in [3.05, 3.63) is 0 Å². The fraction of sp³-hybridized carbons (Fsp3) is 0.929. The van der Waals surface area contributed by atoms with Crippen molar-refractivity contribution in [1.29, 1.82) is 0 Å². The molecule has 0 N–H and O–H groups in total. The molecule has 0 amide bonds. The minimum Gasteiger partial charge on any atom is -0.465 e. The highest BCUT2D eigenvalue weighted by molar-refractivity contribution is 5.75. The summed E-state index contributed by atoms with van der Waals surface area (Å²) in [6.07, 6.45) is 9.81. The van der Waals surface area contributed by atoms with Gasteiger partial charge in [-0.05, 0) is 74.0 Å². The van der Waals surface area contributed by atoms with E-state index in [4.69, 9.17) is 9.47 Å². The molecule has 0 aromatic heterocycles. The van der Waals surface area contributed by atoms with Crippen molar-refractivity contribution in [3.63, 3.8) is 0 Å². The van der Waals surface area contributed by atoms with E-state index in [1.54, 1.807) is 0 Å². The van der Waals surface area contributed by atoms with Gasteiger partial charge in [-0.2, -0.15) is 0 Å². The van der Waals surface area contributed by atoms with Crippen LogP contribution in [0.2, 0.25) is 0 Å². The van der Waals surface area contributed by atoms with Crippen LogP contribution in [-0.2, 0) is 19.1 Å². The highest BCUT2D eigenvalue weighted by atomic mass is 16.5. The lowest BCUT2D eigenvalue weighted by Crippen LogP contribution is -2.30. The van der Waals surface area contributed by atoms with Gasteiger partial charge in [0.2, 0.25) is 0 Å². The Kier molecular flexibility index (Phi) is 12.3. The topological polar surface area (TPSA) is 52.6 Å². The van der Waals surface area contributed by atoms with E-state index in [0.717, 1.165) is 38.5 Å². The number of carbonyl (C=O) groups excluding carboxylic acids is 2. The minimum atomic E-state index is -0.0799. The van der Waals surface area contributed by atoms with Crippen molar-refractivity contribution < 1.29 is 19.1 Å². The van der Waals surface area contributed by atoms with E-state index < -0.39 is 0 Å². The molecular weight excluding hydrogens is 400 g/mol. The summed E-state index contributed by atoms with van der Waals surface area (Å²) in [5.41, 5.74) is 0.588. The molecule has 0 heterocycles. The zero-order chi connectivity index (χ0) is 24.4. The smallest absolute Gasteiger partial charge is 0.308 e. The first-order valence-corrected chi connectivity index (χ1v) is 13.2. The summed E-state index contributed by atoms with van der Waals surface area (Å²) in [6.45, 7) is 18.9. The lowest BCUT2D eigenvalue weighted by molar-refractivity contribution is -0.156. The molecule has 4 heteroatoms. The van der Waals surface area contributed by atoms with Crippen LogP contribution in [0, 0.1) is 34.5 Å². The summed E-state index contributed by atoms with van der Waals surface area (Å²) in [4.78, 5) is 25.1. The van der Waals surface area contributed by atoms with E-state index in [0.29, 0.717) is 35.9 Å². The normalized spacial score (nSPS) is 21.6. The third kappa shape index (κ3) is 11.2. The van der Waals surface area contributed by atoms with Gasteiger partial charge in [0, 0.05) is 0 Å². The molecule has 0 aromatic rings. The van der Waals surface area contributed by atoms with E-state index in [1.165, 1.54) is 25.7 Å². The average molecular weight is 453 g/mol. The maximum Gasteiger partial charge on any atom is 0.308 e. The molecule has 2 unspecified atom stereocenters. The van der Waals surface area contributed by atoms with Crippen LogP contribution in [0.3, 0.4) is 0 Å². The summed E-state index contributed by atoms with van der Waals surface area (Å²) in [6, 6.07) is 0. The Morgan fingerprint density at radius 3 is 1.31 bits per heavy atom. The second-order valence-electron chi connectivity index (χ2n) is 12.3. The Balaban J connectivity index is 2.32. The summed E-state index contributed by atoms with van der Waals surface area (Å²) >= 11 is 0. The lowest BCUT2D eigenvalue weighted by Gasteiger charge is -2.29. The van der Waals surface area contributed by atoms with Crippen LogP contribution in [-0.4, -0.2) is 25.2 Å². The molecule has 0 spiro atoms. The highest BCUT2D eigenvalue weighted by Gasteiger charge is 2.32. The van der Waals surface area contributed by atoms with E-state index >= 15 is 0 Å². The quantitative estimate of drug-likeness (QED) is 0.255. The molecule has 0 bridgehead atoms. The fourth-order valence-electron chi connectivity index (χ4n) is 5.81. The van der Waals surface area contributed by atoms with E-state index in [9.17, 15) is 9.59 Å². The zero-order valence-corrected chi connectivity index (χ0v) is 22.4. The van der Waals surface area contributed by atoms with E-state index in [1.807, 2.05) is 0 Å². The molecule has 2 atom stereocenters. The minimum absolute atomic E-state index is 0.0660. The van der Waals surface area contributed by atoms with Crippen LogP contribution in [0.1, 0.15) is 120 Å². The van der Waals surface area contributed by atoms with Crippen LogP contribution in [0.25, 0.3) is 0 Å². The molecule has 0 aromatic carbocycles. The molecule has 1 saturated carbocycles. The maximum absolute atomic E-state index is 12.5. The molecule has 1 fully saturated rings. The van der Waals surface area contributed by atoms with E-state index in [-0.39, 0.29) is 23.8 Å². The highest BCUT2D eigenvalue weighted by Crippen LogP contribution is 2.34. The number of carbonyl (C=O) groups is 2. The monoisotopic (exact) mass is 452 g/mol. The average Bonchev–Trinajstić information content (AvgIpc) is 2.69. The van der Waals surface area contributed by atoms with Gasteiger partial charge in [-0.1, -0.05) is 68.2 Å². The molecule has 1 aliphatic carbocycles. The van der Waals surface area contributed by atoms with Crippen molar-refractivity contribution in [1.82, 2.24) is 0 Å².